The highest BCUT2D eigenvalue weighted by atomic mass is 35.5. The van der Waals surface area contributed by atoms with Gasteiger partial charge < -0.3 is 4.90 Å². The molecule has 0 amide bonds. The summed E-state index contributed by atoms with van der Waals surface area (Å²) >= 11 is 12.1. The number of hydrogen-bond donors (Lipinski definition) is 0. The number of anilines is 1. The van der Waals surface area contributed by atoms with E-state index in [2.05, 4.69) is 17.0 Å². The summed E-state index contributed by atoms with van der Waals surface area (Å²) in [6, 6.07) is 6.05. The van der Waals surface area contributed by atoms with Crippen LogP contribution in [0.1, 0.15) is 24.8 Å². The first-order chi connectivity index (χ1) is 8.28. The van der Waals surface area contributed by atoms with Gasteiger partial charge in [0.15, 0.2) is 0 Å². The summed E-state index contributed by atoms with van der Waals surface area (Å²) in [6.45, 7) is 2.38. The van der Waals surface area contributed by atoms with E-state index in [0.29, 0.717) is 5.88 Å². The molecule has 0 N–H and O–H groups in total. The molecular formula is C14H17Cl2N. The molecule has 1 saturated heterocycles. The Morgan fingerprint density at radius 2 is 1.88 bits per heavy atom. The van der Waals surface area contributed by atoms with Crippen molar-refractivity contribution in [1.29, 1.82) is 0 Å². The molecule has 1 aromatic rings. The summed E-state index contributed by atoms with van der Waals surface area (Å²) < 4.78 is 0. The Kier molecular flexibility index (Phi) is 3.23. The molecule has 3 rings (SSSR count). The average Bonchev–Trinajstić information content (AvgIpc) is 2.88. The molecule has 92 valence electrons. The van der Waals surface area contributed by atoms with Crippen molar-refractivity contribution < 1.29 is 0 Å². The molecule has 2 aliphatic rings. The molecule has 0 bridgehead atoms. The Bertz CT molecular complexity index is 407. The second-order valence-corrected chi connectivity index (χ2v) is 5.97. The van der Waals surface area contributed by atoms with Crippen LogP contribution in [-0.2, 0) is 5.88 Å². The van der Waals surface area contributed by atoms with Gasteiger partial charge in [0.2, 0.25) is 0 Å². The normalized spacial score (nSPS) is 27.5. The van der Waals surface area contributed by atoms with Gasteiger partial charge in [-0.15, -0.1) is 11.6 Å². The molecule has 17 heavy (non-hydrogen) atoms. The van der Waals surface area contributed by atoms with Gasteiger partial charge in [-0.1, -0.05) is 24.1 Å². The maximum atomic E-state index is 6.10. The quantitative estimate of drug-likeness (QED) is 0.723. The Balaban J connectivity index is 1.87. The smallest absolute Gasteiger partial charge is 0.0494 e. The topological polar surface area (TPSA) is 3.24 Å². The minimum absolute atomic E-state index is 0.568. The SMILES string of the molecule is ClCc1ccc(Cl)cc1N1CC2CCCC2C1. The highest BCUT2D eigenvalue weighted by Crippen LogP contribution is 2.41. The zero-order valence-electron chi connectivity index (χ0n) is 9.83. The molecule has 0 aromatic heterocycles. The van der Waals surface area contributed by atoms with E-state index in [9.17, 15) is 0 Å². The zero-order chi connectivity index (χ0) is 11.8. The van der Waals surface area contributed by atoms with Gasteiger partial charge in [0.25, 0.3) is 0 Å². The van der Waals surface area contributed by atoms with Crippen LogP contribution in [0.3, 0.4) is 0 Å². The van der Waals surface area contributed by atoms with Gasteiger partial charge in [0.05, 0.1) is 0 Å². The summed E-state index contributed by atoms with van der Waals surface area (Å²) in [4.78, 5) is 2.48. The van der Waals surface area contributed by atoms with Gasteiger partial charge in [0, 0.05) is 29.7 Å². The van der Waals surface area contributed by atoms with E-state index < -0.39 is 0 Å². The molecule has 1 nitrogen and oxygen atoms in total. The fourth-order valence-corrected chi connectivity index (χ4v) is 3.77. The van der Waals surface area contributed by atoms with Crippen LogP contribution in [0.15, 0.2) is 18.2 Å². The van der Waals surface area contributed by atoms with Crippen molar-refractivity contribution >= 4 is 28.9 Å². The number of hydrogen-bond acceptors (Lipinski definition) is 1. The second-order valence-electron chi connectivity index (χ2n) is 5.26. The molecular weight excluding hydrogens is 253 g/mol. The number of benzene rings is 1. The predicted octanol–water partition coefficient (Wildman–Crippen LogP) is 4.32. The molecule has 3 heteroatoms. The largest absolute Gasteiger partial charge is 0.371 e. The van der Waals surface area contributed by atoms with Crippen molar-refractivity contribution in [1.82, 2.24) is 0 Å². The Morgan fingerprint density at radius 1 is 1.18 bits per heavy atom. The standard InChI is InChI=1S/C14H17Cl2N/c15-7-10-4-5-13(16)6-14(10)17-8-11-2-1-3-12(11)9-17/h4-6,11-12H,1-3,7-9H2. The first kappa shape index (κ1) is 11.7. The number of rotatable bonds is 2. The highest BCUT2D eigenvalue weighted by Gasteiger charge is 2.36. The molecule has 1 saturated carbocycles. The van der Waals surface area contributed by atoms with Gasteiger partial charge in [-0.25, -0.2) is 0 Å². The van der Waals surface area contributed by atoms with Crippen LogP contribution < -0.4 is 4.90 Å². The zero-order valence-corrected chi connectivity index (χ0v) is 11.3. The Morgan fingerprint density at radius 3 is 2.53 bits per heavy atom. The molecule has 2 unspecified atom stereocenters. The second kappa shape index (κ2) is 4.70. The molecule has 1 aliphatic heterocycles. The van der Waals surface area contributed by atoms with Crippen molar-refractivity contribution in [2.75, 3.05) is 18.0 Å². The van der Waals surface area contributed by atoms with Crippen LogP contribution in [0.5, 0.6) is 0 Å². The summed E-state index contributed by atoms with van der Waals surface area (Å²) in [6.07, 6.45) is 4.22. The van der Waals surface area contributed by atoms with Crippen LogP contribution in [0.25, 0.3) is 0 Å². The Hall–Kier alpha value is -0.400. The minimum atomic E-state index is 0.568. The van der Waals surface area contributed by atoms with Gasteiger partial charge in [-0.2, -0.15) is 0 Å². The molecule has 2 fully saturated rings. The molecule has 0 spiro atoms. The van der Waals surface area contributed by atoms with Crippen molar-refractivity contribution in [2.45, 2.75) is 25.1 Å². The molecule has 1 aromatic carbocycles. The van der Waals surface area contributed by atoms with E-state index in [1.54, 1.807) is 0 Å². The number of halogens is 2. The Labute approximate surface area is 113 Å². The summed E-state index contributed by atoms with van der Waals surface area (Å²) in [7, 11) is 0. The first-order valence-electron chi connectivity index (χ1n) is 6.37. The molecule has 0 radical (unpaired) electrons. The maximum absolute atomic E-state index is 6.10. The van der Waals surface area contributed by atoms with Crippen LogP contribution in [0, 0.1) is 11.8 Å². The van der Waals surface area contributed by atoms with E-state index in [1.165, 1.54) is 43.6 Å². The third-order valence-corrected chi connectivity index (χ3v) is 4.78. The lowest BCUT2D eigenvalue weighted by Gasteiger charge is -2.22. The third-order valence-electron chi connectivity index (χ3n) is 4.26. The average molecular weight is 270 g/mol. The number of nitrogens with zero attached hydrogens (tertiary/aromatic N) is 1. The van der Waals surface area contributed by atoms with Crippen molar-refractivity contribution in [3.63, 3.8) is 0 Å². The first-order valence-corrected chi connectivity index (χ1v) is 7.28. The predicted molar refractivity (Wildman–Crippen MR) is 74.1 cm³/mol. The van der Waals surface area contributed by atoms with E-state index >= 15 is 0 Å². The van der Waals surface area contributed by atoms with E-state index in [-0.39, 0.29) is 0 Å². The summed E-state index contributed by atoms with van der Waals surface area (Å²) in [5.41, 5.74) is 2.46. The van der Waals surface area contributed by atoms with Crippen molar-refractivity contribution in [2.24, 2.45) is 11.8 Å². The number of fused-ring (bicyclic) bond motifs is 1. The van der Waals surface area contributed by atoms with E-state index in [0.717, 1.165) is 16.9 Å². The van der Waals surface area contributed by atoms with Gasteiger partial charge in [-0.3, -0.25) is 0 Å². The van der Waals surface area contributed by atoms with Crippen LogP contribution >= 0.6 is 23.2 Å². The van der Waals surface area contributed by atoms with Crippen molar-refractivity contribution in [3.8, 4) is 0 Å². The van der Waals surface area contributed by atoms with Gasteiger partial charge in [0.1, 0.15) is 0 Å². The molecule has 1 heterocycles. The fourth-order valence-electron chi connectivity index (χ4n) is 3.38. The lowest BCUT2D eigenvalue weighted by atomic mass is 10.0. The van der Waals surface area contributed by atoms with Crippen LogP contribution in [0.4, 0.5) is 5.69 Å². The maximum Gasteiger partial charge on any atom is 0.0494 e. The lowest BCUT2D eigenvalue weighted by molar-refractivity contribution is 0.494. The van der Waals surface area contributed by atoms with Crippen LogP contribution in [-0.4, -0.2) is 13.1 Å². The van der Waals surface area contributed by atoms with Gasteiger partial charge >= 0.3 is 0 Å². The van der Waals surface area contributed by atoms with E-state index in [4.69, 9.17) is 23.2 Å². The van der Waals surface area contributed by atoms with Gasteiger partial charge in [-0.05, 0) is 42.4 Å². The monoisotopic (exact) mass is 269 g/mol. The summed E-state index contributed by atoms with van der Waals surface area (Å²) in [5, 5.41) is 0.811. The highest BCUT2D eigenvalue weighted by molar-refractivity contribution is 6.31. The lowest BCUT2D eigenvalue weighted by Crippen LogP contribution is -2.21. The summed E-state index contributed by atoms with van der Waals surface area (Å²) in [5.74, 6) is 2.37. The fraction of sp³-hybridized carbons (Fsp3) is 0.571. The molecule has 2 atom stereocenters. The number of alkyl halides is 1. The van der Waals surface area contributed by atoms with Crippen LogP contribution in [0.2, 0.25) is 5.02 Å². The molecule has 1 aliphatic carbocycles. The van der Waals surface area contributed by atoms with E-state index in [1.807, 2.05) is 6.07 Å². The van der Waals surface area contributed by atoms with Crippen molar-refractivity contribution in [3.05, 3.63) is 28.8 Å². The minimum Gasteiger partial charge on any atom is -0.371 e. The third kappa shape index (κ3) is 2.15.